The highest BCUT2D eigenvalue weighted by molar-refractivity contribution is 5.82. The molecule has 1 unspecified atom stereocenters. The quantitative estimate of drug-likeness (QED) is 0.670. The zero-order chi connectivity index (χ0) is 12.7. The third-order valence-corrected chi connectivity index (χ3v) is 3.29. The second-order valence-corrected chi connectivity index (χ2v) is 5.36. The average Bonchev–Trinajstić information content (AvgIpc) is 2.54. The molecule has 0 spiro atoms. The molecule has 100 valence electrons. The third kappa shape index (κ3) is 5.50. The van der Waals surface area contributed by atoms with Crippen LogP contribution in [0.5, 0.6) is 0 Å². The zero-order valence-corrected chi connectivity index (χ0v) is 11.4. The minimum Gasteiger partial charge on any atom is -0.352 e. The number of rotatable bonds is 5. The van der Waals surface area contributed by atoms with Crippen molar-refractivity contribution in [3.8, 4) is 0 Å². The van der Waals surface area contributed by atoms with Crippen LogP contribution in [-0.4, -0.2) is 38.1 Å². The van der Waals surface area contributed by atoms with Gasteiger partial charge in [0.05, 0.1) is 6.04 Å². The molecule has 17 heavy (non-hydrogen) atoms. The van der Waals surface area contributed by atoms with Crippen LogP contribution in [0.4, 0.5) is 0 Å². The van der Waals surface area contributed by atoms with Gasteiger partial charge in [-0.05, 0) is 51.7 Å². The van der Waals surface area contributed by atoms with E-state index in [-0.39, 0.29) is 11.9 Å². The Morgan fingerprint density at radius 1 is 1.35 bits per heavy atom. The van der Waals surface area contributed by atoms with Gasteiger partial charge in [-0.1, -0.05) is 13.8 Å². The van der Waals surface area contributed by atoms with Gasteiger partial charge in [-0.25, -0.2) is 0 Å². The number of amides is 1. The van der Waals surface area contributed by atoms with Crippen molar-refractivity contribution in [3.05, 3.63) is 0 Å². The van der Waals surface area contributed by atoms with Crippen LogP contribution >= 0.6 is 0 Å². The number of carbonyl (C=O) groups excluding carboxylic acids is 1. The maximum absolute atomic E-state index is 12.1. The fourth-order valence-electron chi connectivity index (χ4n) is 2.29. The fourth-order valence-corrected chi connectivity index (χ4v) is 2.29. The molecular weight excluding hydrogens is 214 g/mol. The minimum atomic E-state index is -0.0498. The molecule has 1 rings (SSSR count). The molecule has 1 saturated heterocycles. The van der Waals surface area contributed by atoms with Gasteiger partial charge in [-0.2, -0.15) is 0 Å². The Hall–Kier alpha value is -0.610. The number of likely N-dealkylation sites (N-methyl/N-ethyl adjacent to an activating group) is 1. The summed E-state index contributed by atoms with van der Waals surface area (Å²) in [7, 11) is 1.86. The van der Waals surface area contributed by atoms with E-state index in [2.05, 4.69) is 29.8 Å². The van der Waals surface area contributed by atoms with Gasteiger partial charge in [-0.3, -0.25) is 4.79 Å². The molecule has 4 nitrogen and oxygen atoms in total. The Morgan fingerprint density at radius 2 is 2.12 bits per heavy atom. The van der Waals surface area contributed by atoms with E-state index < -0.39 is 0 Å². The normalized spacial score (nSPS) is 23.2. The van der Waals surface area contributed by atoms with E-state index in [1.165, 1.54) is 0 Å². The van der Waals surface area contributed by atoms with Gasteiger partial charge in [0, 0.05) is 6.04 Å². The number of nitrogens with one attached hydrogen (secondary N) is 3. The lowest BCUT2D eigenvalue weighted by Gasteiger charge is -2.22. The van der Waals surface area contributed by atoms with Crippen LogP contribution in [0.1, 0.15) is 39.5 Å². The summed E-state index contributed by atoms with van der Waals surface area (Å²) in [6, 6.07) is 0.298. The second-order valence-electron chi connectivity index (χ2n) is 5.36. The summed E-state index contributed by atoms with van der Waals surface area (Å²) in [5.41, 5.74) is 0. The molecule has 1 heterocycles. The van der Waals surface area contributed by atoms with Gasteiger partial charge >= 0.3 is 0 Å². The van der Waals surface area contributed by atoms with Crippen molar-refractivity contribution < 1.29 is 4.79 Å². The summed E-state index contributed by atoms with van der Waals surface area (Å²) in [6.07, 6.45) is 4.19. The van der Waals surface area contributed by atoms with E-state index >= 15 is 0 Å². The van der Waals surface area contributed by atoms with Gasteiger partial charge < -0.3 is 16.0 Å². The van der Waals surface area contributed by atoms with Crippen LogP contribution in [0.3, 0.4) is 0 Å². The lowest BCUT2D eigenvalue weighted by molar-refractivity contribution is -0.124. The first-order valence-corrected chi connectivity index (χ1v) is 6.81. The zero-order valence-electron chi connectivity index (χ0n) is 11.4. The second kappa shape index (κ2) is 7.67. The molecule has 0 aromatic heterocycles. The van der Waals surface area contributed by atoms with Crippen molar-refractivity contribution in [1.82, 2.24) is 16.0 Å². The van der Waals surface area contributed by atoms with Crippen molar-refractivity contribution >= 4 is 5.91 Å². The van der Waals surface area contributed by atoms with Crippen molar-refractivity contribution in [2.45, 2.75) is 51.6 Å². The van der Waals surface area contributed by atoms with Crippen LogP contribution in [0, 0.1) is 5.92 Å². The molecule has 1 aliphatic heterocycles. The van der Waals surface area contributed by atoms with Crippen molar-refractivity contribution in [3.63, 3.8) is 0 Å². The summed E-state index contributed by atoms with van der Waals surface area (Å²) >= 11 is 0. The maximum Gasteiger partial charge on any atom is 0.237 e. The molecule has 0 aromatic rings. The topological polar surface area (TPSA) is 53.2 Å². The van der Waals surface area contributed by atoms with Gasteiger partial charge in [0.1, 0.15) is 0 Å². The summed E-state index contributed by atoms with van der Waals surface area (Å²) in [5.74, 6) is 0.696. The third-order valence-electron chi connectivity index (χ3n) is 3.29. The van der Waals surface area contributed by atoms with E-state index in [9.17, 15) is 4.79 Å². The van der Waals surface area contributed by atoms with Crippen LogP contribution in [0.25, 0.3) is 0 Å². The molecular formula is C13H27N3O. The molecule has 3 N–H and O–H groups in total. The Balaban J connectivity index is 2.39. The molecule has 0 radical (unpaired) electrons. The van der Waals surface area contributed by atoms with E-state index in [0.717, 1.165) is 38.8 Å². The van der Waals surface area contributed by atoms with Gasteiger partial charge in [-0.15, -0.1) is 0 Å². The molecule has 1 aliphatic rings. The van der Waals surface area contributed by atoms with Crippen molar-refractivity contribution in [1.29, 1.82) is 0 Å². The summed E-state index contributed by atoms with van der Waals surface area (Å²) < 4.78 is 0. The molecule has 1 fully saturated rings. The molecule has 0 saturated carbocycles. The standard InChI is InChI=1S/C13H27N3O/c1-10(2)9-12(14-3)13(17)16-11-5-4-7-15-8-6-11/h10-12,14-15H,4-9H2,1-3H3,(H,16,17)/t11?,12-/m0/s1. The molecule has 1 amide bonds. The lowest BCUT2D eigenvalue weighted by Crippen LogP contribution is -2.47. The predicted octanol–water partition coefficient (Wildman–Crippen LogP) is 0.879. The molecule has 2 atom stereocenters. The van der Waals surface area contributed by atoms with Crippen LogP contribution in [0.15, 0.2) is 0 Å². The predicted molar refractivity (Wildman–Crippen MR) is 71.0 cm³/mol. The lowest BCUT2D eigenvalue weighted by atomic mass is 10.0. The van der Waals surface area contributed by atoms with E-state index in [1.54, 1.807) is 0 Å². The van der Waals surface area contributed by atoms with Crippen molar-refractivity contribution in [2.75, 3.05) is 20.1 Å². The summed E-state index contributed by atoms with van der Waals surface area (Å²) in [4.78, 5) is 12.1. The monoisotopic (exact) mass is 241 g/mol. The fraction of sp³-hybridized carbons (Fsp3) is 0.923. The Labute approximate surface area is 105 Å². The first kappa shape index (κ1) is 14.5. The molecule has 4 heteroatoms. The summed E-state index contributed by atoms with van der Waals surface area (Å²) in [5, 5.41) is 9.64. The maximum atomic E-state index is 12.1. The smallest absolute Gasteiger partial charge is 0.237 e. The Bertz CT molecular complexity index is 223. The number of hydrogen-bond acceptors (Lipinski definition) is 3. The Morgan fingerprint density at radius 3 is 2.76 bits per heavy atom. The molecule has 0 aromatic carbocycles. The SMILES string of the molecule is CN[C@@H](CC(C)C)C(=O)NC1CCCNCC1. The minimum absolute atomic E-state index is 0.0498. The highest BCUT2D eigenvalue weighted by Crippen LogP contribution is 2.08. The first-order chi connectivity index (χ1) is 8.13. The van der Waals surface area contributed by atoms with E-state index in [1.807, 2.05) is 7.05 Å². The van der Waals surface area contributed by atoms with E-state index in [0.29, 0.717) is 12.0 Å². The first-order valence-electron chi connectivity index (χ1n) is 6.81. The van der Waals surface area contributed by atoms with Crippen molar-refractivity contribution in [2.24, 2.45) is 5.92 Å². The largest absolute Gasteiger partial charge is 0.352 e. The Kier molecular flexibility index (Phi) is 6.52. The number of hydrogen-bond donors (Lipinski definition) is 3. The number of carbonyl (C=O) groups is 1. The summed E-state index contributed by atoms with van der Waals surface area (Å²) in [6.45, 7) is 6.38. The molecule has 0 aliphatic carbocycles. The van der Waals surface area contributed by atoms with Crippen LogP contribution in [0.2, 0.25) is 0 Å². The van der Waals surface area contributed by atoms with Crippen LogP contribution in [-0.2, 0) is 4.79 Å². The highest BCUT2D eigenvalue weighted by atomic mass is 16.2. The molecule has 0 bridgehead atoms. The van der Waals surface area contributed by atoms with Gasteiger partial charge in [0.2, 0.25) is 5.91 Å². The van der Waals surface area contributed by atoms with Gasteiger partial charge in [0.25, 0.3) is 0 Å². The average molecular weight is 241 g/mol. The van der Waals surface area contributed by atoms with Gasteiger partial charge in [0.15, 0.2) is 0 Å². The highest BCUT2D eigenvalue weighted by Gasteiger charge is 2.21. The van der Waals surface area contributed by atoms with Crippen LogP contribution < -0.4 is 16.0 Å². The van der Waals surface area contributed by atoms with E-state index in [4.69, 9.17) is 0 Å².